The van der Waals surface area contributed by atoms with Crippen LogP contribution in [0.5, 0.6) is 5.75 Å². The summed E-state index contributed by atoms with van der Waals surface area (Å²) >= 11 is 1.46. The zero-order valence-electron chi connectivity index (χ0n) is 23.4. The first-order chi connectivity index (χ1) is 20.8. The molecule has 3 aromatic heterocycles. The Bertz CT molecular complexity index is 1820. The quantitative estimate of drug-likeness (QED) is 0.217. The second-order valence-electron chi connectivity index (χ2n) is 9.88. The minimum atomic E-state index is -3.90. The van der Waals surface area contributed by atoms with Crippen molar-refractivity contribution in [2.45, 2.75) is 24.8 Å². The lowest BCUT2D eigenvalue weighted by molar-refractivity contribution is 0.323. The van der Waals surface area contributed by atoms with Gasteiger partial charge in [0.2, 0.25) is 5.95 Å². The minimum absolute atomic E-state index is 0.0449. The number of halogens is 1. The summed E-state index contributed by atoms with van der Waals surface area (Å²) in [6.07, 6.45) is 4.78. The molecule has 0 aliphatic carbocycles. The molecule has 0 saturated carbocycles. The molecule has 43 heavy (non-hydrogen) atoms. The number of thiazole rings is 1. The van der Waals surface area contributed by atoms with E-state index in [4.69, 9.17) is 19.0 Å². The number of anilines is 3. The van der Waals surface area contributed by atoms with Crippen LogP contribution in [0.25, 0.3) is 11.3 Å². The smallest absolute Gasteiger partial charge is 0.297 e. The van der Waals surface area contributed by atoms with Crippen molar-refractivity contribution in [3.63, 3.8) is 0 Å². The first kappa shape index (κ1) is 28.7. The number of benzene rings is 2. The Morgan fingerprint density at radius 1 is 1.07 bits per heavy atom. The van der Waals surface area contributed by atoms with Crippen molar-refractivity contribution >= 4 is 38.4 Å². The van der Waals surface area contributed by atoms with Crippen LogP contribution < -0.4 is 15.0 Å². The summed E-state index contributed by atoms with van der Waals surface area (Å²) in [5, 5.41) is 8.53. The normalized spacial score (nSPS) is 12.9. The van der Waals surface area contributed by atoms with Crippen LogP contribution in [0.2, 0.25) is 0 Å². The molecule has 2 aromatic carbocycles. The maximum atomic E-state index is 13.3. The monoisotopic (exact) mass is 621 g/mol. The van der Waals surface area contributed by atoms with E-state index in [1.54, 1.807) is 31.4 Å². The molecule has 1 aliphatic heterocycles. The van der Waals surface area contributed by atoms with Crippen LogP contribution in [0.4, 0.5) is 21.3 Å². The summed E-state index contributed by atoms with van der Waals surface area (Å²) in [6.45, 7) is 3.24. The summed E-state index contributed by atoms with van der Waals surface area (Å²) in [5.74, 6) is 1.17. The van der Waals surface area contributed by atoms with Gasteiger partial charge in [-0.25, -0.2) is 19.3 Å². The van der Waals surface area contributed by atoms with Crippen LogP contribution in [0.1, 0.15) is 16.0 Å². The zero-order chi connectivity index (χ0) is 30.0. The first-order valence-corrected chi connectivity index (χ1v) is 15.7. The van der Waals surface area contributed by atoms with E-state index in [-0.39, 0.29) is 17.5 Å². The van der Waals surface area contributed by atoms with Crippen LogP contribution in [0.15, 0.2) is 72.0 Å². The molecule has 11 nitrogen and oxygen atoms in total. The lowest BCUT2D eigenvalue weighted by Crippen LogP contribution is -2.30. The summed E-state index contributed by atoms with van der Waals surface area (Å²) in [7, 11) is -2.28. The van der Waals surface area contributed by atoms with Crippen molar-refractivity contribution in [1.82, 2.24) is 24.7 Å². The molecule has 0 saturated heterocycles. The van der Waals surface area contributed by atoms with Crippen LogP contribution in [-0.4, -0.2) is 60.0 Å². The second kappa shape index (κ2) is 12.1. The van der Waals surface area contributed by atoms with Crippen molar-refractivity contribution in [3.8, 4) is 17.0 Å². The van der Waals surface area contributed by atoms with E-state index in [9.17, 15) is 12.8 Å². The molecule has 4 heterocycles. The topological polar surface area (TPSA) is 124 Å². The molecule has 0 bridgehead atoms. The highest BCUT2D eigenvalue weighted by Crippen LogP contribution is 2.40. The molecule has 0 spiro atoms. The summed E-state index contributed by atoms with van der Waals surface area (Å²) in [6, 6.07) is 14.3. The van der Waals surface area contributed by atoms with Crippen LogP contribution in [0.3, 0.4) is 0 Å². The van der Waals surface area contributed by atoms with Gasteiger partial charge in [0.25, 0.3) is 10.1 Å². The van der Waals surface area contributed by atoms with Gasteiger partial charge >= 0.3 is 0 Å². The largest absolute Gasteiger partial charge is 0.497 e. The number of hydrogen-bond acceptors (Lipinski definition) is 11. The highest BCUT2D eigenvalue weighted by Gasteiger charge is 2.28. The van der Waals surface area contributed by atoms with Gasteiger partial charge in [-0.05, 0) is 36.8 Å². The minimum Gasteiger partial charge on any atom is -0.497 e. The fraction of sp³-hybridized carbons (Fsp3) is 0.241. The first-order valence-electron chi connectivity index (χ1n) is 13.4. The SMILES string of the molecule is COc1ccc(Cn2cc3c(n2)N(CCOS(=O)(=O)c2ccc(C)cc2)CCc2sc(Nc4ncc(F)cn4)nc2-3)cc1. The van der Waals surface area contributed by atoms with Crippen molar-refractivity contribution in [2.24, 2.45) is 0 Å². The molecule has 5 aromatic rings. The Balaban J connectivity index is 1.26. The van der Waals surface area contributed by atoms with Crippen molar-refractivity contribution in [1.29, 1.82) is 0 Å². The molecule has 1 N–H and O–H groups in total. The average Bonchev–Trinajstić information content (AvgIpc) is 3.57. The Labute approximate surface area is 252 Å². The summed E-state index contributed by atoms with van der Waals surface area (Å²) < 4.78 is 51.4. The average molecular weight is 622 g/mol. The molecule has 222 valence electrons. The molecule has 0 fully saturated rings. The van der Waals surface area contributed by atoms with Gasteiger partial charge in [0, 0.05) is 30.6 Å². The number of rotatable bonds is 10. The number of nitrogens with zero attached hydrogens (tertiary/aromatic N) is 6. The van der Waals surface area contributed by atoms with E-state index in [2.05, 4.69) is 15.3 Å². The Morgan fingerprint density at radius 3 is 2.53 bits per heavy atom. The number of aryl methyl sites for hydroxylation is 1. The van der Waals surface area contributed by atoms with Gasteiger partial charge in [-0.2, -0.15) is 13.5 Å². The number of methoxy groups -OCH3 is 1. The van der Waals surface area contributed by atoms with Gasteiger partial charge in [0.15, 0.2) is 16.8 Å². The fourth-order valence-corrected chi connectivity index (χ4v) is 6.52. The van der Waals surface area contributed by atoms with E-state index in [0.29, 0.717) is 37.0 Å². The predicted molar refractivity (Wildman–Crippen MR) is 161 cm³/mol. The van der Waals surface area contributed by atoms with Gasteiger partial charge in [0.05, 0.1) is 48.8 Å². The van der Waals surface area contributed by atoms with Gasteiger partial charge < -0.3 is 15.0 Å². The van der Waals surface area contributed by atoms with Crippen molar-refractivity contribution in [2.75, 3.05) is 37.0 Å². The number of ether oxygens (including phenoxy) is 1. The molecule has 0 amide bonds. The zero-order valence-corrected chi connectivity index (χ0v) is 25.0. The third-order valence-electron chi connectivity index (χ3n) is 6.86. The molecule has 0 unspecified atom stereocenters. The maximum Gasteiger partial charge on any atom is 0.297 e. The van der Waals surface area contributed by atoms with Gasteiger partial charge in [0.1, 0.15) is 5.75 Å². The van der Waals surface area contributed by atoms with Crippen LogP contribution in [-0.2, 0) is 27.3 Å². The highest BCUT2D eigenvalue weighted by atomic mass is 32.2. The summed E-state index contributed by atoms with van der Waals surface area (Å²) in [4.78, 5) is 15.9. The van der Waals surface area contributed by atoms with Crippen molar-refractivity contribution in [3.05, 3.63) is 88.9 Å². The number of fused-ring (bicyclic) bond motifs is 3. The molecular weight excluding hydrogens is 593 g/mol. The number of nitrogens with one attached hydrogen (secondary N) is 1. The predicted octanol–water partition coefficient (Wildman–Crippen LogP) is 4.81. The van der Waals surface area contributed by atoms with E-state index in [1.807, 2.05) is 47.0 Å². The molecular formula is C29H28FN7O4S2. The molecule has 0 atom stereocenters. The van der Waals surface area contributed by atoms with Crippen LogP contribution >= 0.6 is 11.3 Å². The molecule has 14 heteroatoms. The summed E-state index contributed by atoms with van der Waals surface area (Å²) in [5.41, 5.74) is 3.57. The Kier molecular flexibility index (Phi) is 8.06. The van der Waals surface area contributed by atoms with E-state index < -0.39 is 15.9 Å². The number of hydrogen-bond donors (Lipinski definition) is 1. The van der Waals surface area contributed by atoms with E-state index >= 15 is 0 Å². The lowest BCUT2D eigenvalue weighted by atomic mass is 10.2. The van der Waals surface area contributed by atoms with Gasteiger partial charge in [-0.1, -0.05) is 29.8 Å². The lowest BCUT2D eigenvalue weighted by Gasteiger charge is -2.21. The second-order valence-corrected chi connectivity index (χ2v) is 12.6. The third kappa shape index (κ3) is 6.50. The standard InChI is InChI=1S/C29H28FN7O4S2/c1-19-3-9-23(10-4-19)43(38,39)41-14-13-36-12-11-25-26(33-29(42-25)34-28-31-15-21(30)16-32-28)24-18-37(35-27(24)36)17-20-5-7-22(40-2)8-6-20/h3-10,15-16,18H,11-14,17H2,1-2H3,(H,31,32,33,34). The van der Waals surface area contributed by atoms with E-state index in [1.165, 1.54) is 11.3 Å². The maximum absolute atomic E-state index is 13.3. The van der Waals surface area contributed by atoms with Gasteiger partial charge in [-0.3, -0.25) is 8.86 Å². The number of aromatic nitrogens is 5. The molecule has 1 aliphatic rings. The highest BCUT2D eigenvalue weighted by molar-refractivity contribution is 7.86. The Hall–Kier alpha value is -4.40. The third-order valence-corrected chi connectivity index (χ3v) is 9.21. The van der Waals surface area contributed by atoms with Crippen molar-refractivity contribution < 1.29 is 21.7 Å². The van der Waals surface area contributed by atoms with E-state index in [0.717, 1.165) is 45.4 Å². The Morgan fingerprint density at radius 2 is 1.81 bits per heavy atom. The molecule has 6 rings (SSSR count). The molecule has 0 radical (unpaired) electrons. The van der Waals surface area contributed by atoms with Gasteiger partial charge in [-0.15, -0.1) is 11.3 Å². The fourth-order valence-electron chi connectivity index (χ4n) is 4.66. The van der Waals surface area contributed by atoms with Crippen LogP contribution in [0, 0.1) is 12.7 Å².